The number of nitrogens with one attached hydrogen (secondary N) is 1. The number of carbonyl (C=O) groups is 1. The van der Waals surface area contributed by atoms with Gasteiger partial charge in [-0.05, 0) is 24.0 Å². The second-order valence-electron chi connectivity index (χ2n) is 6.41. The van der Waals surface area contributed by atoms with E-state index in [1.54, 1.807) is 0 Å². The SMILES string of the molecule is CCCC[C@@H](NC(=O)OC)[C@H](Cc1ccccc1)SCc1ccccc1. The third-order valence-corrected chi connectivity index (χ3v) is 5.82. The number of thioether (sulfide) groups is 1. The molecule has 0 aliphatic carbocycles. The van der Waals surface area contributed by atoms with Crippen LogP contribution in [0.25, 0.3) is 0 Å². The average Bonchev–Trinajstić information content (AvgIpc) is 2.69. The summed E-state index contributed by atoms with van der Waals surface area (Å²) in [6.45, 7) is 2.18. The van der Waals surface area contributed by atoms with Crippen molar-refractivity contribution in [1.29, 1.82) is 0 Å². The highest BCUT2D eigenvalue weighted by molar-refractivity contribution is 7.99. The molecule has 0 spiro atoms. The van der Waals surface area contributed by atoms with E-state index in [1.165, 1.54) is 18.2 Å². The molecule has 1 N–H and O–H groups in total. The van der Waals surface area contributed by atoms with Crippen LogP contribution in [0.5, 0.6) is 0 Å². The number of hydrogen-bond acceptors (Lipinski definition) is 3. The molecule has 0 aliphatic rings. The number of ether oxygens (including phenoxy) is 1. The Bertz CT molecular complexity index is 633. The lowest BCUT2D eigenvalue weighted by atomic mass is 10.0. The first-order chi connectivity index (χ1) is 12.7. The molecular formula is C22H29NO2S. The summed E-state index contributed by atoms with van der Waals surface area (Å²) in [4.78, 5) is 11.9. The van der Waals surface area contributed by atoms with Crippen LogP contribution in [-0.2, 0) is 16.9 Å². The minimum atomic E-state index is -0.343. The zero-order valence-electron chi connectivity index (χ0n) is 15.7. The summed E-state index contributed by atoms with van der Waals surface area (Å²) in [5.41, 5.74) is 2.61. The summed E-state index contributed by atoms with van der Waals surface area (Å²) in [6.07, 6.45) is 3.75. The van der Waals surface area contributed by atoms with Gasteiger partial charge in [-0.25, -0.2) is 4.79 Å². The lowest BCUT2D eigenvalue weighted by Gasteiger charge is -2.27. The van der Waals surface area contributed by atoms with E-state index in [0.717, 1.165) is 31.4 Å². The van der Waals surface area contributed by atoms with Gasteiger partial charge in [0.05, 0.1) is 7.11 Å². The van der Waals surface area contributed by atoms with E-state index in [-0.39, 0.29) is 12.1 Å². The normalized spacial score (nSPS) is 13.0. The molecule has 26 heavy (non-hydrogen) atoms. The van der Waals surface area contributed by atoms with Crippen molar-refractivity contribution in [2.45, 2.75) is 49.7 Å². The summed E-state index contributed by atoms with van der Waals surface area (Å²) in [5, 5.41) is 3.37. The van der Waals surface area contributed by atoms with Gasteiger partial charge in [-0.1, -0.05) is 80.4 Å². The summed E-state index contributed by atoms with van der Waals surface area (Å²) >= 11 is 1.91. The van der Waals surface area contributed by atoms with Gasteiger partial charge >= 0.3 is 6.09 Å². The molecule has 2 rings (SSSR count). The van der Waals surface area contributed by atoms with Gasteiger partial charge in [-0.3, -0.25) is 0 Å². The van der Waals surface area contributed by atoms with Crippen molar-refractivity contribution in [2.24, 2.45) is 0 Å². The average molecular weight is 372 g/mol. The van der Waals surface area contributed by atoms with Gasteiger partial charge in [-0.2, -0.15) is 11.8 Å². The first-order valence-corrected chi connectivity index (χ1v) is 10.3. The van der Waals surface area contributed by atoms with Crippen LogP contribution < -0.4 is 5.32 Å². The van der Waals surface area contributed by atoms with E-state index in [2.05, 4.69) is 60.8 Å². The highest BCUT2D eigenvalue weighted by Gasteiger charge is 2.24. The third kappa shape index (κ3) is 7.12. The Balaban J connectivity index is 2.12. The Labute approximate surface area is 161 Å². The zero-order valence-corrected chi connectivity index (χ0v) is 16.5. The predicted octanol–water partition coefficient (Wildman–Crippen LogP) is 5.45. The van der Waals surface area contributed by atoms with Gasteiger partial charge in [0.1, 0.15) is 0 Å². The van der Waals surface area contributed by atoms with Crippen molar-refractivity contribution in [2.75, 3.05) is 7.11 Å². The summed E-state index contributed by atoms with van der Waals surface area (Å²) in [6, 6.07) is 21.1. The van der Waals surface area contributed by atoms with Crippen molar-refractivity contribution < 1.29 is 9.53 Å². The second-order valence-corrected chi connectivity index (χ2v) is 7.64. The second kappa shape index (κ2) is 11.6. The highest BCUT2D eigenvalue weighted by Crippen LogP contribution is 2.26. The first-order valence-electron chi connectivity index (χ1n) is 9.26. The van der Waals surface area contributed by atoms with Crippen LogP contribution in [0.1, 0.15) is 37.3 Å². The molecule has 3 nitrogen and oxygen atoms in total. The van der Waals surface area contributed by atoms with Crippen molar-refractivity contribution in [3.8, 4) is 0 Å². The molecule has 4 heteroatoms. The van der Waals surface area contributed by atoms with Gasteiger partial charge in [0.25, 0.3) is 0 Å². The Hall–Kier alpha value is -1.94. The zero-order chi connectivity index (χ0) is 18.6. The van der Waals surface area contributed by atoms with Crippen molar-refractivity contribution in [3.63, 3.8) is 0 Å². The van der Waals surface area contributed by atoms with Gasteiger partial charge in [-0.15, -0.1) is 0 Å². The van der Waals surface area contributed by atoms with Crippen LogP contribution >= 0.6 is 11.8 Å². The minimum absolute atomic E-state index is 0.0938. The van der Waals surface area contributed by atoms with Crippen LogP contribution in [0.3, 0.4) is 0 Å². The van der Waals surface area contributed by atoms with Crippen LogP contribution in [-0.4, -0.2) is 24.5 Å². The number of rotatable bonds is 10. The van der Waals surface area contributed by atoms with Crippen LogP contribution in [0.2, 0.25) is 0 Å². The van der Waals surface area contributed by atoms with E-state index < -0.39 is 0 Å². The van der Waals surface area contributed by atoms with E-state index in [4.69, 9.17) is 4.74 Å². The monoisotopic (exact) mass is 371 g/mol. The summed E-state index contributed by atoms with van der Waals surface area (Å²) in [7, 11) is 1.43. The van der Waals surface area contributed by atoms with E-state index >= 15 is 0 Å². The molecule has 2 aromatic rings. The Morgan fingerprint density at radius 1 is 1.04 bits per heavy atom. The molecule has 0 saturated carbocycles. The number of amides is 1. The molecule has 0 aromatic heterocycles. The molecule has 0 heterocycles. The van der Waals surface area contributed by atoms with Crippen molar-refractivity contribution >= 4 is 17.9 Å². The smallest absolute Gasteiger partial charge is 0.407 e. The lowest BCUT2D eigenvalue weighted by Crippen LogP contribution is -2.43. The molecular weight excluding hydrogens is 342 g/mol. The van der Waals surface area contributed by atoms with Crippen LogP contribution in [0.15, 0.2) is 60.7 Å². The summed E-state index contributed by atoms with van der Waals surface area (Å²) < 4.78 is 4.86. The van der Waals surface area contributed by atoms with Crippen LogP contribution in [0.4, 0.5) is 4.79 Å². The third-order valence-electron chi connectivity index (χ3n) is 4.39. The molecule has 2 atom stereocenters. The number of carbonyl (C=O) groups excluding carboxylic acids is 1. The molecule has 1 amide bonds. The number of methoxy groups -OCH3 is 1. The maximum absolute atomic E-state index is 11.9. The molecule has 140 valence electrons. The number of benzene rings is 2. The predicted molar refractivity (Wildman–Crippen MR) is 111 cm³/mol. The van der Waals surface area contributed by atoms with E-state index in [0.29, 0.717) is 5.25 Å². The van der Waals surface area contributed by atoms with Gasteiger partial charge in [0.15, 0.2) is 0 Å². The molecule has 2 aromatic carbocycles. The fourth-order valence-corrected chi connectivity index (χ4v) is 4.27. The maximum Gasteiger partial charge on any atom is 0.407 e. The number of alkyl carbamates (subject to hydrolysis) is 1. The van der Waals surface area contributed by atoms with Crippen LogP contribution in [0, 0.1) is 0 Å². The lowest BCUT2D eigenvalue weighted by molar-refractivity contribution is 0.165. The summed E-state index contributed by atoms with van der Waals surface area (Å²) in [5.74, 6) is 0.934. The topological polar surface area (TPSA) is 38.3 Å². The van der Waals surface area contributed by atoms with E-state index in [9.17, 15) is 4.79 Å². The largest absolute Gasteiger partial charge is 0.453 e. The minimum Gasteiger partial charge on any atom is -0.453 e. The molecule has 0 unspecified atom stereocenters. The van der Waals surface area contributed by atoms with E-state index in [1.807, 2.05) is 23.9 Å². The van der Waals surface area contributed by atoms with Crippen molar-refractivity contribution in [1.82, 2.24) is 5.32 Å². The molecule has 0 radical (unpaired) electrons. The van der Waals surface area contributed by atoms with Crippen molar-refractivity contribution in [3.05, 3.63) is 71.8 Å². The fourth-order valence-electron chi connectivity index (χ4n) is 2.93. The van der Waals surface area contributed by atoms with Gasteiger partial charge < -0.3 is 10.1 Å². The molecule has 0 saturated heterocycles. The Morgan fingerprint density at radius 2 is 1.65 bits per heavy atom. The quantitative estimate of drug-likeness (QED) is 0.604. The number of hydrogen-bond donors (Lipinski definition) is 1. The molecule has 0 bridgehead atoms. The first kappa shape index (κ1) is 20.4. The van der Waals surface area contributed by atoms with Gasteiger partial charge in [0, 0.05) is 17.0 Å². The molecule has 0 fully saturated rings. The standard InChI is InChI=1S/C22H29NO2S/c1-3-4-15-20(23-22(24)25-2)21(16-18-11-7-5-8-12-18)26-17-19-13-9-6-10-14-19/h5-14,20-21H,3-4,15-17H2,1-2H3,(H,23,24)/t20-,21+/m1/s1. The highest BCUT2D eigenvalue weighted by atomic mass is 32.2. The maximum atomic E-state index is 11.9. The number of unbranched alkanes of at least 4 members (excludes halogenated alkanes) is 1. The fraction of sp³-hybridized carbons (Fsp3) is 0.409. The molecule has 0 aliphatic heterocycles. The Morgan fingerprint density at radius 3 is 2.23 bits per heavy atom. The Kier molecular flexibility index (Phi) is 9.11. The van der Waals surface area contributed by atoms with Gasteiger partial charge in [0.2, 0.25) is 0 Å².